The van der Waals surface area contributed by atoms with Crippen LogP contribution in [0.2, 0.25) is 10.0 Å². The molecule has 3 N–H and O–H groups in total. The monoisotopic (exact) mass is 686 g/mol. The molecular formula is C36H36Cl2N6O4. The second-order valence-corrected chi connectivity index (χ2v) is 11.2. The number of nitrogens with zero attached hydrogens (tertiary/aromatic N) is 4. The van der Waals surface area contributed by atoms with Crippen molar-refractivity contribution in [1.82, 2.24) is 20.2 Å². The smallest absolute Gasteiger partial charge is 0.311 e. The van der Waals surface area contributed by atoms with E-state index in [4.69, 9.17) is 33.8 Å². The van der Waals surface area contributed by atoms with E-state index < -0.39 is 0 Å². The van der Waals surface area contributed by atoms with E-state index in [1.54, 1.807) is 62.6 Å². The van der Waals surface area contributed by atoms with Crippen LogP contribution < -0.4 is 11.4 Å². The fourth-order valence-electron chi connectivity index (χ4n) is 4.40. The Morgan fingerprint density at radius 2 is 1.44 bits per heavy atom. The van der Waals surface area contributed by atoms with Gasteiger partial charge in [0.2, 0.25) is 5.78 Å². The second-order valence-electron chi connectivity index (χ2n) is 10.4. The topological polar surface area (TPSA) is 153 Å². The molecular weight excluding hydrogens is 651 g/mol. The Morgan fingerprint density at radius 1 is 0.854 bits per heavy atom. The van der Waals surface area contributed by atoms with E-state index in [2.05, 4.69) is 25.3 Å². The summed E-state index contributed by atoms with van der Waals surface area (Å²) in [6.07, 6.45) is 3.63. The van der Waals surface area contributed by atoms with Crippen molar-refractivity contribution in [2.24, 2.45) is 10.9 Å². The first-order valence-corrected chi connectivity index (χ1v) is 15.6. The summed E-state index contributed by atoms with van der Waals surface area (Å²) in [4.78, 5) is 43.4. The van der Waals surface area contributed by atoms with Crippen LogP contribution in [0.25, 0.3) is 22.4 Å². The van der Waals surface area contributed by atoms with E-state index in [1.807, 2.05) is 57.2 Å². The lowest BCUT2D eigenvalue weighted by Gasteiger charge is -2.12. The lowest BCUT2D eigenvalue weighted by molar-refractivity contribution is -0.142. The van der Waals surface area contributed by atoms with Gasteiger partial charge in [0.1, 0.15) is 5.71 Å². The van der Waals surface area contributed by atoms with Crippen LogP contribution in [0.3, 0.4) is 0 Å². The Morgan fingerprint density at radius 3 is 2.00 bits per heavy atom. The molecule has 10 nitrogen and oxygen atoms in total. The number of ketones is 1. The third-order valence-corrected chi connectivity index (χ3v) is 7.41. The average molecular weight is 688 g/mol. The van der Waals surface area contributed by atoms with Crippen LogP contribution in [0.4, 0.5) is 0 Å². The number of ether oxygens (including phenoxy) is 1. The van der Waals surface area contributed by atoms with Crippen molar-refractivity contribution < 1.29 is 14.3 Å². The minimum absolute atomic E-state index is 0.181. The molecule has 0 aliphatic carbocycles. The molecule has 3 heterocycles. The lowest BCUT2D eigenvalue weighted by Crippen LogP contribution is -2.15. The maximum atomic E-state index is 12.4. The highest BCUT2D eigenvalue weighted by Crippen LogP contribution is 2.32. The van der Waals surface area contributed by atoms with E-state index >= 15 is 0 Å². The number of nitrogens with two attached hydrogens (primary N) is 1. The maximum Gasteiger partial charge on any atom is 0.311 e. The number of aromatic amines is 1. The van der Waals surface area contributed by atoms with Crippen LogP contribution in [0.5, 0.6) is 0 Å². The number of aryl methyl sites for hydroxylation is 3. The van der Waals surface area contributed by atoms with Gasteiger partial charge >= 0.3 is 5.97 Å². The highest BCUT2D eigenvalue weighted by molar-refractivity contribution is 6.45. The van der Waals surface area contributed by atoms with Crippen molar-refractivity contribution in [2.75, 3.05) is 6.61 Å². The molecule has 12 heteroatoms. The predicted molar refractivity (Wildman–Crippen MR) is 190 cm³/mol. The number of hydrogen-bond acceptors (Lipinski definition) is 9. The summed E-state index contributed by atoms with van der Waals surface area (Å²) in [5.74, 6) is 4.58. The molecule has 0 amide bonds. The first-order chi connectivity index (χ1) is 23.0. The minimum atomic E-state index is -0.252. The maximum absolute atomic E-state index is 12.4. The van der Waals surface area contributed by atoms with Gasteiger partial charge in [-0.05, 0) is 99.8 Å². The fourth-order valence-corrected chi connectivity index (χ4v) is 4.66. The summed E-state index contributed by atoms with van der Waals surface area (Å²) in [6.45, 7) is 9.51. The van der Waals surface area contributed by atoms with Crippen molar-refractivity contribution >= 4 is 40.7 Å². The number of hydrazone groups is 1. The molecule has 0 radical (unpaired) electrons. The number of nitrogens with one attached hydrogen (secondary N) is 1. The molecule has 0 aliphatic heterocycles. The molecule has 0 bridgehead atoms. The van der Waals surface area contributed by atoms with Crippen LogP contribution in [0.1, 0.15) is 46.7 Å². The average Bonchev–Trinajstić information content (AvgIpc) is 3.08. The molecule has 0 atom stereocenters. The number of benzene rings is 2. The Hall–Kier alpha value is -5.19. The highest BCUT2D eigenvalue weighted by atomic mass is 35.5. The van der Waals surface area contributed by atoms with Gasteiger partial charge in [-0.3, -0.25) is 24.4 Å². The zero-order valence-electron chi connectivity index (χ0n) is 27.3. The molecule has 0 saturated carbocycles. The molecule has 248 valence electrons. The van der Waals surface area contributed by atoms with Crippen molar-refractivity contribution in [2.45, 2.75) is 41.0 Å². The summed E-state index contributed by atoms with van der Waals surface area (Å²) < 4.78 is 4.82. The SMILES string of the molecule is C/C(=N/N)C(=O)c1ccc(Cl)cc1.CCOC(=O)Cc1ncccc1C.Cc1cccnc1-c1c(-c2ccc(Cl)cc2)c(C)n[nH]c1=O. The number of hydrogen-bond donors (Lipinski definition) is 2. The van der Waals surface area contributed by atoms with Gasteiger partial charge in [0.15, 0.2) is 0 Å². The van der Waals surface area contributed by atoms with Crippen LogP contribution in [-0.2, 0) is 16.0 Å². The molecule has 48 heavy (non-hydrogen) atoms. The summed E-state index contributed by atoms with van der Waals surface area (Å²) >= 11 is 11.6. The van der Waals surface area contributed by atoms with Gasteiger partial charge in [0, 0.05) is 33.6 Å². The first-order valence-electron chi connectivity index (χ1n) is 14.8. The largest absolute Gasteiger partial charge is 0.466 e. The van der Waals surface area contributed by atoms with Crippen LogP contribution in [0, 0.1) is 20.8 Å². The van der Waals surface area contributed by atoms with Gasteiger partial charge in [-0.15, -0.1) is 0 Å². The molecule has 0 saturated heterocycles. The first kappa shape index (κ1) is 37.3. The quantitative estimate of drug-likeness (QED) is 0.0603. The Balaban J connectivity index is 0.000000208. The number of carbonyl (C=O) groups is 2. The Kier molecular flexibility index (Phi) is 14.2. The van der Waals surface area contributed by atoms with E-state index in [1.165, 1.54) is 0 Å². The highest BCUT2D eigenvalue weighted by Gasteiger charge is 2.18. The predicted octanol–water partition coefficient (Wildman–Crippen LogP) is 7.12. The van der Waals surface area contributed by atoms with E-state index in [-0.39, 0.29) is 29.4 Å². The Bertz CT molecular complexity index is 1940. The van der Waals surface area contributed by atoms with Crippen molar-refractivity contribution in [1.29, 1.82) is 0 Å². The summed E-state index contributed by atoms with van der Waals surface area (Å²) in [5, 5.41) is 11.2. The van der Waals surface area contributed by atoms with Crippen LogP contribution in [0.15, 0.2) is 95.1 Å². The van der Waals surface area contributed by atoms with Gasteiger partial charge in [0.25, 0.3) is 5.56 Å². The lowest BCUT2D eigenvalue weighted by atomic mass is 9.96. The number of pyridine rings is 2. The summed E-state index contributed by atoms with van der Waals surface area (Å²) in [7, 11) is 0. The van der Waals surface area contributed by atoms with Gasteiger partial charge in [-0.1, -0.05) is 47.5 Å². The molecule has 2 aromatic carbocycles. The van der Waals surface area contributed by atoms with Gasteiger partial charge in [0.05, 0.1) is 35.7 Å². The third kappa shape index (κ3) is 10.4. The second kappa shape index (κ2) is 18.2. The van der Waals surface area contributed by atoms with Crippen LogP contribution in [-0.4, -0.2) is 44.2 Å². The Labute approximate surface area is 289 Å². The number of Topliss-reactive ketones (excluding diaryl/α,β-unsaturated/α-hetero) is 1. The van der Waals surface area contributed by atoms with E-state index in [0.717, 1.165) is 33.6 Å². The minimum Gasteiger partial charge on any atom is -0.466 e. The number of rotatable bonds is 7. The number of halogens is 2. The number of carbonyl (C=O) groups excluding carboxylic acids is 2. The summed E-state index contributed by atoms with van der Waals surface area (Å²) in [5.41, 5.74) is 6.93. The third-order valence-electron chi connectivity index (χ3n) is 6.91. The molecule has 3 aromatic heterocycles. The van der Waals surface area contributed by atoms with Crippen molar-refractivity contribution in [3.8, 4) is 22.4 Å². The molecule has 0 spiro atoms. The number of aromatic nitrogens is 4. The molecule has 5 aromatic rings. The number of esters is 1. The van der Waals surface area contributed by atoms with Gasteiger partial charge < -0.3 is 10.6 Å². The zero-order valence-corrected chi connectivity index (χ0v) is 28.8. The van der Waals surface area contributed by atoms with E-state index in [0.29, 0.717) is 33.5 Å². The van der Waals surface area contributed by atoms with E-state index in [9.17, 15) is 14.4 Å². The normalized spacial score (nSPS) is 10.6. The molecule has 5 rings (SSSR count). The molecule has 0 unspecified atom stereocenters. The molecule has 0 fully saturated rings. The van der Waals surface area contributed by atoms with Gasteiger partial charge in [-0.25, -0.2) is 5.10 Å². The van der Waals surface area contributed by atoms with Crippen molar-refractivity contribution in [3.05, 3.63) is 134 Å². The summed E-state index contributed by atoms with van der Waals surface area (Å²) in [6, 6.07) is 21.5. The zero-order chi connectivity index (χ0) is 35.2. The van der Waals surface area contributed by atoms with Crippen molar-refractivity contribution in [3.63, 3.8) is 0 Å². The van der Waals surface area contributed by atoms with Crippen LogP contribution >= 0.6 is 23.2 Å². The fraction of sp³-hybridized carbons (Fsp3) is 0.194. The van der Waals surface area contributed by atoms with Gasteiger partial charge in [-0.2, -0.15) is 10.2 Å². The molecule has 0 aliphatic rings. The number of H-pyrrole nitrogens is 1. The standard InChI is InChI=1S/C17H14ClN3O.C10H13NO2.C9H9ClN2O/c1-10-4-3-9-19-16(10)15-14(11(2)20-21-17(15)22)12-5-7-13(18)8-6-12;1-3-13-10(12)7-9-8(2)5-4-6-11-9;1-6(12-11)9(13)7-2-4-8(10)5-3-7/h3-9H,1-2H3,(H,21,22);4-6H,3,7H2,1-2H3;2-5H,11H2,1H3/b;;12-6-.